The summed E-state index contributed by atoms with van der Waals surface area (Å²) in [6.07, 6.45) is 1.29. The molecule has 2 aromatic carbocycles. The maximum absolute atomic E-state index is 13.3. The van der Waals surface area contributed by atoms with Crippen LogP contribution < -0.4 is 19.1 Å². The SMILES string of the molecule is COc1ccc(C(=O)N2CCCc3c(C(=O)O)cccc32)c(OC)c1OC. The maximum atomic E-state index is 13.3. The Bertz CT molecular complexity index is 892. The van der Waals surface area contributed by atoms with Crippen molar-refractivity contribution in [3.63, 3.8) is 0 Å². The summed E-state index contributed by atoms with van der Waals surface area (Å²) in [5, 5.41) is 9.44. The first-order valence-corrected chi connectivity index (χ1v) is 8.49. The van der Waals surface area contributed by atoms with Crippen LogP contribution in [0.25, 0.3) is 0 Å². The molecule has 0 fully saturated rings. The number of nitrogens with zero attached hydrogens (tertiary/aromatic N) is 1. The van der Waals surface area contributed by atoms with Crippen molar-refractivity contribution in [3.8, 4) is 17.2 Å². The van der Waals surface area contributed by atoms with Gasteiger partial charge in [-0.05, 0) is 42.7 Å². The van der Waals surface area contributed by atoms with E-state index in [2.05, 4.69) is 0 Å². The third-order valence-electron chi connectivity index (χ3n) is 4.66. The first kappa shape index (κ1) is 18.6. The minimum Gasteiger partial charge on any atom is -0.493 e. The van der Waals surface area contributed by atoms with E-state index in [0.717, 1.165) is 0 Å². The van der Waals surface area contributed by atoms with E-state index in [1.54, 1.807) is 35.2 Å². The predicted molar refractivity (Wildman–Crippen MR) is 99.5 cm³/mol. The summed E-state index contributed by atoms with van der Waals surface area (Å²) in [6, 6.07) is 8.25. The topological polar surface area (TPSA) is 85.3 Å². The molecule has 0 saturated carbocycles. The van der Waals surface area contributed by atoms with Crippen LogP contribution in [0.3, 0.4) is 0 Å². The first-order valence-electron chi connectivity index (χ1n) is 8.49. The molecule has 1 aliphatic heterocycles. The lowest BCUT2D eigenvalue weighted by molar-refractivity contribution is 0.0695. The van der Waals surface area contributed by atoms with Crippen molar-refractivity contribution in [3.05, 3.63) is 47.0 Å². The number of carbonyl (C=O) groups is 2. The summed E-state index contributed by atoms with van der Waals surface area (Å²) >= 11 is 0. The van der Waals surface area contributed by atoms with Crippen molar-refractivity contribution in [1.82, 2.24) is 0 Å². The van der Waals surface area contributed by atoms with Crippen molar-refractivity contribution in [2.75, 3.05) is 32.8 Å². The molecule has 3 rings (SSSR count). The number of amides is 1. The van der Waals surface area contributed by atoms with Crippen LogP contribution in [0.15, 0.2) is 30.3 Å². The van der Waals surface area contributed by atoms with Crippen molar-refractivity contribution in [2.45, 2.75) is 12.8 Å². The Hall–Kier alpha value is -3.22. The zero-order valence-corrected chi connectivity index (χ0v) is 15.4. The Kier molecular flexibility index (Phi) is 5.21. The molecular weight excluding hydrogens is 350 g/mol. The number of carboxylic acids is 1. The predicted octanol–water partition coefficient (Wildman–Crippen LogP) is 3.00. The summed E-state index contributed by atoms with van der Waals surface area (Å²) < 4.78 is 16.0. The smallest absolute Gasteiger partial charge is 0.336 e. The van der Waals surface area contributed by atoms with E-state index in [-0.39, 0.29) is 17.2 Å². The van der Waals surface area contributed by atoms with Gasteiger partial charge in [-0.15, -0.1) is 0 Å². The average molecular weight is 371 g/mol. The number of fused-ring (bicyclic) bond motifs is 1. The Morgan fingerprint density at radius 2 is 1.70 bits per heavy atom. The quantitative estimate of drug-likeness (QED) is 0.870. The molecule has 1 heterocycles. The van der Waals surface area contributed by atoms with Crippen LogP contribution in [0, 0.1) is 0 Å². The van der Waals surface area contributed by atoms with E-state index in [1.807, 2.05) is 0 Å². The largest absolute Gasteiger partial charge is 0.493 e. The number of hydrogen-bond donors (Lipinski definition) is 1. The van der Waals surface area contributed by atoms with Crippen LogP contribution in [-0.2, 0) is 6.42 Å². The number of methoxy groups -OCH3 is 3. The van der Waals surface area contributed by atoms with Crippen LogP contribution >= 0.6 is 0 Å². The Labute approximate surface area is 157 Å². The third kappa shape index (κ3) is 3.16. The number of rotatable bonds is 5. The van der Waals surface area contributed by atoms with Gasteiger partial charge in [-0.25, -0.2) is 4.79 Å². The molecule has 1 amide bonds. The van der Waals surface area contributed by atoms with Gasteiger partial charge in [-0.2, -0.15) is 0 Å². The van der Waals surface area contributed by atoms with Gasteiger partial charge in [0.2, 0.25) is 5.75 Å². The van der Waals surface area contributed by atoms with Crippen LogP contribution in [-0.4, -0.2) is 44.9 Å². The number of anilines is 1. The Balaban J connectivity index is 2.09. The molecule has 0 saturated heterocycles. The molecular formula is C20H21NO6. The molecule has 27 heavy (non-hydrogen) atoms. The molecule has 1 aliphatic rings. The van der Waals surface area contributed by atoms with Gasteiger partial charge >= 0.3 is 5.97 Å². The van der Waals surface area contributed by atoms with Crippen molar-refractivity contribution >= 4 is 17.6 Å². The fourth-order valence-electron chi connectivity index (χ4n) is 3.45. The van der Waals surface area contributed by atoms with E-state index >= 15 is 0 Å². The minimum atomic E-state index is -0.996. The van der Waals surface area contributed by atoms with Crippen molar-refractivity contribution < 1.29 is 28.9 Å². The molecule has 0 bridgehead atoms. The summed E-state index contributed by atoms with van der Waals surface area (Å²) in [5.74, 6) is -0.204. The molecule has 2 aromatic rings. The van der Waals surface area contributed by atoms with Crippen LogP contribution in [0.5, 0.6) is 17.2 Å². The van der Waals surface area contributed by atoms with Crippen molar-refractivity contribution in [2.24, 2.45) is 0 Å². The van der Waals surface area contributed by atoms with Crippen LogP contribution in [0.2, 0.25) is 0 Å². The molecule has 7 heteroatoms. The molecule has 0 aliphatic carbocycles. The highest BCUT2D eigenvalue weighted by atomic mass is 16.5. The third-order valence-corrected chi connectivity index (χ3v) is 4.66. The van der Waals surface area contributed by atoms with E-state index in [4.69, 9.17) is 14.2 Å². The van der Waals surface area contributed by atoms with Gasteiger partial charge in [0, 0.05) is 12.2 Å². The second-order valence-corrected chi connectivity index (χ2v) is 6.05. The maximum Gasteiger partial charge on any atom is 0.336 e. The van der Waals surface area contributed by atoms with Gasteiger partial charge in [0.1, 0.15) is 0 Å². The molecule has 1 N–H and O–H groups in total. The van der Waals surface area contributed by atoms with Crippen LogP contribution in [0.4, 0.5) is 5.69 Å². The summed E-state index contributed by atoms with van der Waals surface area (Å²) in [6.45, 7) is 0.492. The highest BCUT2D eigenvalue weighted by Crippen LogP contribution is 2.41. The van der Waals surface area contributed by atoms with E-state index in [1.165, 1.54) is 21.3 Å². The second-order valence-electron chi connectivity index (χ2n) is 6.05. The minimum absolute atomic E-state index is 0.226. The molecule has 0 atom stereocenters. The summed E-state index contributed by atoms with van der Waals surface area (Å²) in [7, 11) is 4.44. The van der Waals surface area contributed by atoms with E-state index < -0.39 is 5.97 Å². The number of aromatic carboxylic acids is 1. The monoisotopic (exact) mass is 371 g/mol. The second kappa shape index (κ2) is 7.57. The zero-order chi connectivity index (χ0) is 19.6. The molecule has 142 valence electrons. The first-order chi connectivity index (χ1) is 13.0. The lowest BCUT2D eigenvalue weighted by atomic mass is 9.95. The van der Waals surface area contributed by atoms with Crippen LogP contribution in [0.1, 0.15) is 32.7 Å². The average Bonchev–Trinajstić information content (AvgIpc) is 2.70. The standard InChI is InChI=1S/C20H21NO6/c1-25-16-10-9-14(17(26-2)18(16)27-3)19(22)21-11-5-7-12-13(20(23)24)6-4-8-15(12)21/h4,6,8-10H,5,7,11H2,1-3H3,(H,23,24). The highest BCUT2D eigenvalue weighted by molar-refractivity contribution is 6.10. The molecule has 7 nitrogen and oxygen atoms in total. The van der Waals surface area contributed by atoms with Gasteiger partial charge in [0.25, 0.3) is 5.91 Å². The van der Waals surface area contributed by atoms with E-state index in [9.17, 15) is 14.7 Å². The molecule has 0 spiro atoms. The fourth-order valence-corrected chi connectivity index (χ4v) is 3.45. The zero-order valence-electron chi connectivity index (χ0n) is 15.4. The molecule has 0 unspecified atom stereocenters. The van der Waals surface area contributed by atoms with Gasteiger partial charge < -0.3 is 24.2 Å². The number of carbonyl (C=O) groups excluding carboxylic acids is 1. The molecule has 0 radical (unpaired) electrons. The van der Waals surface area contributed by atoms with Gasteiger partial charge in [-0.1, -0.05) is 6.07 Å². The number of carboxylic acid groups (broad SMARTS) is 1. The van der Waals surface area contributed by atoms with Gasteiger partial charge in [0.05, 0.1) is 32.5 Å². The highest BCUT2D eigenvalue weighted by Gasteiger charge is 2.30. The number of hydrogen-bond acceptors (Lipinski definition) is 5. The normalized spacial score (nSPS) is 12.9. The molecule has 0 aromatic heterocycles. The number of ether oxygens (including phenoxy) is 3. The van der Waals surface area contributed by atoms with E-state index in [0.29, 0.717) is 47.7 Å². The lowest BCUT2D eigenvalue weighted by Gasteiger charge is -2.31. The Morgan fingerprint density at radius 1 is 0.963 bits per heavy atom. The van der Waals surface area contributed by atoms with Gasteiger partial charge in [0.15, 0.2) is 11.5 Å². The fraction of sp³-hybridized carbons (Fsp3) is 0.300. The van der Waals surface area contributed by atoms with Crippen molar-refractivity contribution in [1.29, 1.82) is 0 Å². The lowest BCUT2D eigenvalue weighted by Crippen LogP contribution is -2.36. The van der Waals surface area contributed by atoms with Gasteiger partial charge in [-0.3, -0.25) is 4.79 Å². The summed E-state index contributed by atoms with van der Waals surface area (Å²) in [4.78, 5) is 26.4. The Morgan fingerprint density at radius 3 is 2.33 bits per heavy atom. The number of benzene rings is 2. The summed E-state index contributed by atoms with van der Waals surface area (Å²) in [5.41, 5.74) is 1.83.